The molecule has 4 nitrogen and oxygen atoms in total. The first kappa shape index (κ1) is 48.8. The van der Waals surface area contributed by atoms with Crippen LogP contribution in [0.4, 0.5) is 52.7 Å². The second kappa shape index (κ2) is 16.8. The van der Waals surface area contributed by atoms with Crippen molar-refractivity contribution < 1.29 is 52.7 Å². The van der Waals surface area contributed by atoms with Crippen LogP contribution in [0.3, 0.4) is 0 Å². The molecule has 9 aromatic carbocycles. The molecular weight excluding hydrogens is 1070 g/mol. The predicted molar refractivity (Wildman–Crippen MR) is 281 cm³/mol. The minimum absolute atomic E-state index is 0.0842. The number of rotatable bonds is 4. The Labute approximate surface area is 438 Å². The molecule has 0 aliphatic carbocycles. The molecule has 13 rings (SSSR count). The number of benzene rings is 9. The summed E-state index contributed by atoms with van der Waals surface area (Å²) < 4.78 is 182. The molecular formula is C60H26F12N4S2. The zero-order valence-corrected chi connectivity index (χ0v) is 40.8. The maximum Gasteiger partial charge on any atom is 0.416 e. The van der Waals surface area contributed by atoms with E-state index >= 15 is 0 Å². The lowest BCUT2D eigenvalue weighted by Gasteiger charge is -2.25. The fraction of sp³-hybridized carbons (Fsp3) is 0.0667. The van der Waals surface area contributed by atoms with Gasteiger partial charge in [-0.05, 0) is 108 Å². The molecule has 0 amide bonds. The topological polar surface area (TPSA) is 57.4 Å². The van der Waals surface area contributed by atoms with Gasteiger partial charge >= 0.3 is 24.7 Å². The highest BCUT2D eigenvalue weighted by atomic mass is 32.1. The maximum atomic E-state index is 14.7. The fourth-order valence-electron chi connectivity index (χ4n) is 11.0. The molecule has 0 bridgehead atoms. The minimum Gasteiger partial charge on any atom is -0.306 e. The Bertz CT molecular complexity index is 4390. The Morgan fingerprint density at radius 3 is 0.910 bits per heavy atom. The summed E-state index contributed by atoms with van der Waals surface area (Å²) in [4.78, 5) is 0. The van der Waals surface area contributed by atoms with E-state index in [1.165, 1.54) is 31.8 Å². The summed E-state index contributed by atoms with van der Waals surface area (Å²) in [6.45, 7) is 0. The van der Waals surface area contributed by atoms with Crippen LogP contribution < -0.4 is 0 Å². The first-order valence-electron chi connectivity index (χ1n) is 23.5. The van der Waals surface area contributed by atoms with Crippen LogP contribution >= 0.6 is 22.7 Å². The Morgan fingerprint density at radius 1 is 0.321 bits per heavy atom. The number of hydrogen-bond acceptors (Lipinski definition) is 4. The van der Waals surface area contributed by atoms with Crippen LogP contribution in [0, 0.1) is 22.7 Å². The van der Waals surface area contributed by atoms with E-state index in [0.717, 1.165) is 64.6 Å². The average molecular weight is 1100 g/mol. The molecule has 13 aromatic rings. The highest BCUT2D eigenvalue weighted by molar-refractivity contribution is 7.26. The number of aromatic nitrogens is 2. The van der Waals surface area contributed by atoms with E-state index < -0.39 is 47.0 Å². The van der Waals surface area contributed by atoms with Gasteiger partial charge in [-0.25, -0.2) is 0 Å². The Kier molecular flexibility index (Phi) is 10.5. The molecule has 4 aromatic heterocycles. The van der Waals surface area contributed by atoms with Gasteiger partial charge in [0.05, 0.1) is 66.8 Å². The zero-order chi connectivity index (χ0) is 54.5. The lowest BCUT2D eigenvalue weighted by atomic mass is 9.84. The molecule has 0 atom stereocenters. The third-order valence-electron chi connectivity index (χ3n) is 14.3. The number of nitriles is 2. The molecule has 0 fully saturated rings. The van der Waals surface area contributed by atoms with Gasteiger partial charge in [-0.3, -0.25) is 0 Å². The van der Waals surface area contributed by atoms with Gasteiger partial charge in [-0.1, -0.05) is 60.7 Å². The van der Waals surface area contributed by atoms with Crippen molar-refractivity contribution in [3.63, 3.8) is 0 Å². The summed E-state index contributed by atoms with van der Waals surface area (Å²) in [5, 5.41) is 26.1. The molecule has 0 saturated heterocycles. The molecule has 0 aliphatic heterocycles. The van der Waals surface area contributed by atoms with E-state index in [9.17, 15) is 63.2 Å². The monoisotopic (exact) mass is 1090 g/mol. The second-order valence-corrected chi connectivity index (χ2v) is 20.8. The summed E-state index contributed by atoms with van der Waals surface area (Å²) in [6, 6.07) is 39.9. The third kappa shape index (κ3) is 7.41. The van der Waals surface area contributed by atoms with Gasteiger partial charge in [0.25, 0.3) is 0 Å². The van der Waals surface area contributed by atoms with Crippen molar-refractivity contribution in [1.82, 2.24) is 9.13 Å². The van der Waals surface area contributed by atoms with E-state index in [0.29, 0.717) is 59.7 Å². The van der Waals surface area contributed by atoms with E-state index in [1.807, 2.05) is 60.7 Å². The predicted octanol–water partition coefficient (Wildman–Crippen LogP) is 19.8. The smallest absolute Gasteiger partial charge is 0.306 e. The summed E-state index contributed by atoms with van der Waals surface area (Å²) in [5.74, 6) is 0. The SMILES string of the molecule is N#Cc1c(-c2ccc3c(c2)sc2ccccc23)c(-c2ccc3c(c2)sc2ccccc23)c(C#N)c(-n2c3ccc(C(F)(F)F)cc3c3cc(C(F)(F)F)ccc32)c1-n1c2ccc(C(F)(F)F)cc2c2cc(C(F)(F)F)ccc21. The zero-order valence-electron chi connectivity index (χ0n) is 39.2. The van der Waals surface area contributed by atoms with Crippen molar-refractivity contribution >= 4 is 107 Å². The molecule has 0 saturated carbocycles. The average Bonchev–Trinajstić information content (AvgIpc) is 4.15. The van der Waals surface area contributed by atoms with Gasteiger partial charge in [0.15, 0.2) is 0 Å². The van der Waals surface area contributed by atoms with Crippen molar-refractivity contribution in [2.24, 2.45) is 0 Å². The molecule has 382 valence electrons. The van der Waals surface area contributed by atoms with Crippen molar-refractivity contribution in [1.29, 1.82) is 10.5 Å². The van der Waals surface area contributed by atoms with Crippen molar-refractivity contribution in [3.05, 3.63) is 191 Å². The van der Waals surface area contributed by atoms with Crippen LogP contribution in [0.2, 0.25) is 0 Å². The Balaban J connectivity index is 1.29. The maximum absolute atomic E-state index is 14.7. The fourth-order valence-corrected chi connectivity index (χ4v) is 13.2. The van der Waals surface area contributed by atoms with E-state index in [2.05, 4.69) is 12.1 Å². The second-order valence-electron chi connectivity index (χ2n) is 18.6. The quantitative estimate of drug-likeness (QED) is 0.165. The van der Waals surface area contributed by atoms with Crippen LogP contribution in [0.25, 0.3) is 118 Å². The van der Waals surface area contributed by atoms with E-state index in [4.69, 9.17) is 0 Å². The van der Waals surface area contributed by atoms with Crippen LogP contribution in [0.5, 0.6) is 0 Å². The Morgan fingerprint density at radius 2 is 0.615 bits per heavy atom. The third-order valence-corrected chi connectivity index (χ3v) is 16.6. The lowest BCUT2D eigenvalue weighted by Crippen LogP contribution is -2.12. The van der Waals surface area contributed by atoms with Gasteiger partial charge in [0, 0.05) is 73.0 Å². The molecule has 0 radical (unpaired) electrons. The van der Waals surface area contributed by atoms with Crippen molar-refractivity contribution in [3.8, 4) is 45.8 Å². The summed E-state index contributed by atoms with van der Waals surface area (Å²) >= 11 is 2.84. The molecule has 0 N–H and O–H groups in total. The van der Waals surface area contributed by atoms with Gasteiger partial charge in [0.1, 0.15) is 12.1 Å². The van der Waals surface area contributed by atoms with Crippen LogP contribution in [-0.4, -0.2) is 9.13 Å². The molecule has 0 aliphatic rings. The number of hydrogen-bond donors (Lipinski definition) is 0. The number of nitrogens with zero attached hydrogens (tertiary/aromatic N) is 4. The first-order chi connectivity index (χ1) is 37.1. The highest BCUT2D eigenvalue weighted by Gasteiger charge is 2.38. The van der Waals surface area contributed by atoms with Crippen LogP contribution in [0.15, 0.2) is 158 Å². The van der Waals surface area contributed by atoms with Gasteiger partial charge in [0.2, 0.25) is 0 Å². The van der Waals surface area contributed by atoms with E-state index in [-0.39, 0.29) is 77.2 Å². The number of alkyl halides is 12. The molecule has 18 heteroatoms. The van der Waals surface area contributed by atoms with Crippen molar-refractivity contribution in [2.45, 2.75) is 24.7 Å². The molecule has 0 spiro atoms. The number of fused-ring (bicyclic) bond motifs is 12. The lowest BCUT2D eigenvalue weighted by molar-refractivity contribution is -0.138. The van der Waals surface area contributed by atoms with Crippen LogP contribution in [0.1, 0.15) is 33.4 Å². The highest BCUT2D eigenvalue weighted by Crippen LogP contribution is 2.52. The van der Waals surface area contributed by atoms with E-state index in [1.54, 1.807) is 24.3 Å². The summed E-state index contributed by atoms with van der Waals surface area (Å²) in [5.41, 5.74) is -6.13. The molecule has 0 unspecified atom stereocenters. The molecule has 4 heterocycles. The van der Waals surface area contributed by atoms with Gasteiger partial charge in [-0.15, -0.1) is 22.7 Å². The van der Waals surface area contributed by atoms with Crippen LogP contribution in [-0.2, 0) is 24.7 Å². The number of halogens is 12. The Hall–Kier alpha value is -8.84. The minimum atomic E-state index is -5.01. The largest absolute Gasteiger partial charge is 0.416 e. The van der Waals surface area contributed by atoms with Gasteiger partial charge < -0.3 is 9.13 Å². The van der Waals surface area contributed by atoms with Gasteiger partial charge in [-0.2, -0.15) is 63.2 Å². The normalized spacial score (nSPS) is 12.8. The first-order valence-corrected chi connectivity index (χ1v) is 25.1. The summed E-state index contributed by atoms with van der Waals surface area (Å²) in [7, 11) is 0. The molecule has 78 heavy (non-hydrogen) atoms. The van der Waals surface area contributed by atoms with Crippen molar-refractivity contribution in [2.75, 3.05) is 0 Å². The summed E-state index contributed by atoms with van der Waals surface area (Å²) in [6.07, 6.45) is -20.0. The standard InChI is InChI=1S/C60H26F12N4S2/c61-57(62,63)31-11-17-45-39(23-31)40-24-32(58(64,65)66)12-18-46(40)75(45)55-43(27-73)53(29-9-15-37-35-5-1-3-7-49(35)77-51(37)21-29)54(30-10-16-38-36-6-2-4-8-50(36)78-52(38)22-30)44(28-74)56(55)76-47-19-13-33(59(67,68)69)25-41(47)42-26-34(60(70,71)72)14-20-48(42)76/h1-26H. The number of thiophene rings is 2.